The van der Waals surface area contributed by atoms with Gasteiger partial charge in [-0.3, -0.25) is 4.79 Å². The van der Waals surface area contributed by atoms with Gasteiger partial charge in [-0.2, -0.15) is 0 Å². The van der Waals surface area contributed by atoms with E-state index in [1.54, 1.807) is 18.2 Å². The number of hydrogen-bond donors (Lipinski definition) is 1. The molecule has 1 N–H and O–H groups in total. The third-order valence-electron chi connectivity index (χ3n) is 8.36. The fourth-order valence-corrected chi connectivity index (χ4v) is 7.25. The summed E-state index contributed by atoms with van der Waals surface area (Å²) >= 11 is 0. The van der Waals surface area contributed by atoms with E-state index in [9.17, 15) is 9.59 Å². The van der Waals surface area contributed by atoms with E-state index in [2.05, 4.69) is 6.07 Å². The maximum Gasteiger partial charge on any atom is 0.335 e. The van der Waals surface area contributed by atoms with Crippen LogP contribution in [0.5, 0.6) is 5.75 Å². The highest BCUT2D eigenvalue weighted by Gasteiger charge is 2.59. The van der Waals surface area contributed by atoms with Crippen LogP contribution in [0.3, 0.4) is 0 Å². The summed E-state index contributed by atoms with van der Waals surface area (Å²) in [4.78, 5) is 24.6. The Balaban J connectivity index is 1.50. The minimum atomic E-state index is -0.978. The molecule has 4 bridgehead atoms. The number of hydrogen-bond acceptors (Lipinski definition) is 5. The number of benzene rings is 2. The van der Waals surface area contributed by atoms with Crippen LogP contribution in [0, 0.1) is 17.8 Å². The third kappa shape index (κ3) is 4.48. The third-order valence-corrected chi connectivity index (χ3v) is 8.36. The van der Waals surface area contributed by atoms with E-state index in [0.717, 1.165) is 24.0 Å². The summed E-state index contributed by atoms with van der Waals surface area (Å²) in [5, 5.41) is 9.11. The van der Waals surface area contributed by atoms with Gasteiger partial charge < -0.3 is 19.3 Å². The molecule has 6 heteroatoms. The maximum absolute atomic E-state index is 13.4. The molecule has 6 nitrogen and oxygen atoms in total. The lowest BCUT2D eigenvalue weighted by Crippen LogP contribution is -2.59. The largest absolute Gasteiger partial charge is 0.478 e. The number of carbonyl (C=O) groups is 2. The molecule has 4 aliphatic rings. The quantitative estimate of drug-likeness (QED) is 0.198. The van der Waals surface area contributed by atoms with Crippen LogP contribution in [0.2, 0.25) is 0 Å². The van der Waals surface area contributed by atoms with Crippen LogP contribution in [0.1, 0.15) is 70.9 Å². The highest BCUT2D eigenvalue weighted by atomic mass is 16.7. The summed E-state index contributed by atoms with van der Waals surface area (Å²) in [5.41, 5.74) is 2.38. The molecule has 36 heavy (non-hydrogen) atoms. The Morgan fingerprint density at radius 3 is 2.42 bits per heavy atom. The molecule has 0 amide bonds. The Bertz CT molecular complexity index is 1140. The lowest BCUT2D eigenvalue weighted by molar-refractivity contribution is -0.131. The molecule has 0 spiro atoms. The second-order valence-corrected chi connectivity index (χ2v) is 10.5. The van der Waals surface area contributed by atoms with Crippen molar-refractivity contribution >= 4 is 17.8 Å². The Labute approximate surface area is 212 Å². The number of carboxylic acid groups (broad SMARTS) is 1. The van der Waals surface area contributed by atoms with Gasteiger partial charge in [0.05, 0.1) is 17.2 Å². The summed E-state index contributed by atoms with van der Waals surface area (Å²) in [7, 11) is 1.82. The van der Waals surface area contributed by atoms with Gasteiger partial charge in [0.15, 0.2) is 12.6 Å². The van der Waals surface area contributed by atoms with Crippen LogP contribution in [0.25, 0.3) is 6.08 Å². The van der Waals surface area contributed by atoms with Crippen LogP contribution in [-0.2, 0) is 14.9 Å². The van der Waals surface area contributed by atoms with E-state index in [-0.39, 0.29) is 29.7 Å². The fraction of sp³-hybridized carbons (Fsp3) is 0.467. The molecule has 0 saturated heterocycles. The van der Waals surface area contributed by atoms with Gasteiger partial charge in [0.25, 0.3) is 0 Å². The molecule has 6 rings (SSSR count). The molecule has 2 aromatic carbocycles. The van der Waals surface area contributed by atoms with Crippen molar-refractivity contribution in [1.82, 2.24) is 0 Å². The molecule has 4 saturated carbocycles. The van der Waals surface area contributed by atoms with Gasteiger partial charge in [0.2, 0.25) is 0 Å². The standard InChI is InChI=1S/C30H34O6/c1-3-35-18-36-27-24(26(31)12-9-19-7-10-22(11-8-19)29(32)33)5-4-6-25(27)30-16-20-13-21(17-30)15-23(14-20)28(30)34-2/h4-12,20-21,23,28H,3,13-18H2,1-2H3,(H,32,33). The van der Waals surface area contributed by atoms with Gasteiger partial charge in [-0.05, 0) is 86.6 Å². The van der Waals surface area contributed by atoms with Gasteiger partial charge in [-0.15, -0.1) is 0 Å². The Morgan fingerprint density at radius 2 is 1.78 bits per heavy atom. The van der Waals surface area contributed by atoms with E-state index < -0.39 is 5.97 Å². The first-order valence-corrected chi connectivity index (χ1v) is 12.9. The molecule has 2 aromatic rings. The fourth-order valence-electron chi connectivity index (χ4n) is 7.25. The number of carbonyl (C=O) groups excluding carboxylic acids is 1. The normalized spacial score (nSPS) is 28.5. The number of aromatic carboxylic acids is 1. The molecular weight excluding hydrogens is 456 g/mol. The first-order chi connectivity index (χ1) is 17.4. The zero-order valence-electron chi connectivity index (χ0n) is 20.9. The minimum Gasteiger partial charge on any atom is -0.478 e. The summed E-state index contributed by atoms with van der Waals surface area (Å²) in [6.07, 6.45) is 9.23. The molecule has 0 aliphatic heterocycles. The van der Waals surface area contributed by atoms with Crippen LogP contribution in [0.4, 0.5) is 0 Å². The first kappa shape index (κ1) is 24.7. The van der Waals surface area contributed by atoms with Gasteiger partial charge >= 0.3 is 5.97 Å². The van der Waals surface area contributed by atoms with Gasteiger partial charge in [-0.1, -0.05) is 30.3 Å². The number of ketones is 1. The highest BCUT2D eigenvalue weighted by molar-refractivity contribution is 6.09. The number of methoxy groups -OCH3 is 1. The number of para-hydroxylation sites is 1. The van der Waals surface area contributed by atoms with E-state index in [1.165, 1.54) is 37.5 Å². The van der Waals surface area contributed by atoms with Gasteiger partial charge in [0.1, 0.15) is 5.75 Å². The van der Waals surface area contributed by atoms with Crippen molar-refractivity contribution in [2.75, 3.05) is 20.5 Å². The molecular formula is C30H34O6. The smallest absolute Gasteiger partial charge is 0.335 e. The summed E-state index contributed by atoms with van der Waals surface area (Å²) in [5.74, 6) is 1.40. The van der Waals surface area contributed by atoms with Crippen LogP contribution in [0.15, 0.2) is 48.5 Å². The average Bonchev–Trinajstić information content (AvgIpc) is 2.87. The Hall–Kier alpha value is -2.96. The van der Waals surface area contributed by atoms with Gasteiger partial charge in [-0.25, -0.2) is 4.79 Å². The highest BCUT2D eigenvalue weighted by Crippen LogP contribution is 2.62. The number of allylic oxidation sites excluding steroid dienone is 1. The van der Waals surface area contributed by atoms with Crippen LogP contribution < -0.4 is 4.74 Å². The van der Waals surface area contributed by atoms with Crippen LogP contribution >= 0.6 is 0 Å². The molecule has 0 aromatic heterocycles. The van der Waals surface area contributed by atoms with Crippen molar-refractivity contribution in [3.63, 3.8) is 0 Å². The molecule has 190 valence electrons. The summed E-state index contributed by atoms with van der Waals surface area (Å²) < 4.78 is 17.9. The topological polar surface area (TPSA) is 82.1 Å². The van der Waals surface area contributed by atoms with Crippen molar-refractivity contribution in [1.29, 1.82) is 0 Å². The van der Waals surface area contributed by atoms with Crippen molar-refractivity contribution in [3.05, 3.63) is 70.8 Å². The number of carboxylic acids is 1. The zero-order chi connectivity index (χ0) is 25.3. The Kier molecular flexibility index (Phi) is 7.00. The predicted molar refractivity (Wildman–Crippen MR) is 136 cm³/mol. The van der Waals surface area contributed by atoms with Crippen molar-refractivity contribution in [2.24, 2.45) is 17.8 Å². The van der Waals surface area contributed by atoms with Gasteiger partial charge in [0, 0.05) is 24.7 Å². The van der Waals surface area contributed by atoms with Crippen molar-refractivity contribution < 1.29 is 28.9 Å². The lowest BCUT2D eigenvalue weighted by Gasteiger charge is -2.61. The van der Waals surface area contributed by atoms with Crippen molar-refractivity contribution in [2.45, 2.75) is 50.5 Å². The molecule has 0 heterocycles. The molecule has 4 aliphatic carbocycles. The average molecular weight is 491 g/mol. The van der Waals surface area contributed by atoms with E-state index in [4.69, 9.17) is 19.3 Å². The second-order valence-electron chi connectivity index (χ2n) is 10.5. The predicted octanol–water partition coefficient (Wildman–Crippen LogP) is 5.75. The monoisotopic (exact) mass is 490 g/mol. The summed E-state index contributed by atoms with van der Waals surface area (Å²) in [6, 6.07) is 12.3. The summed E-state index contributed by atoms with van der Waals surface area (Å²) in [6.45, 7) is 2.52. The number of ether oxygens (including phenoxy) is 3. The maximum atomic E-state index is 13.4. The van der Waals surface area contributed by atoms with E-state index >= 15 is 0 Å². The Morgan fingerprint density at radius 1 is 1.06 bits per heavy atom. The molecule has 3 unspecified atom stereocenters. The first-order valence-electron chi connectivity index (χ1n) is 12.9. The number of rotatable bonds is 10. The van der Waals surface area contributed by atoms with Crippen molar-refractivity contribution in [3.8, 4) is 5.75 Å². The zero-order valence-corrected chi connectivity index (χ0v) is 20.9. The molecule has 3 atom stereocenters. The van der Waals surface area contributed by atoms with Crippen LogP contribution in [-0.4, -0.2) is 43.5 Å². The molecule has 4 fully saturated rings. The lowest BCUT2D eigenvalue weighted by atomic mass is 9.46. The minimum absolute atomic E-state index is 0.0815. The van der Waals surface area contributed by atoms with E-state index in [0.29, 0.717) is 35.7 Å². The van der Waals surface area contributed by atoms with E-state index in [1.807, 2.05) is 26.2 Å². The second kappa shape index (κ2) is 10.2. The molecule has 0 radical (unpaired) electrons. The SMILES string of the molecule is CCOCOc1c(C(=O)C=Cc2ccc(C(=O)O)cc2)cccc1C12CC3CC(CC(C3)C1OC)C2.